The van der Waals surface area contributed by atoms with Crippen LogP contribution in [0.5, 0.6) is 0 Å². The van der Waals surface area contributed by atoms with Crippen molar-refractivity contribution in [2.45, 2.75) is 11.8 Å². The highest BCUT2D eigenvalue weighted by atomic mass is 32.2. The van der Waals surface area contributed by atoms with E-state index in [4.69, 9.17) is 11.0 Å². The van der Waals surface area contributed by atoms with E-state index in [9.17, 15) is 18.0 Å². The molecule has 0 spiro atoms. The zero-order valence-corrected chi connectivity index (χ0v) is 18.0. The molecule has 0 saturated carbocycles. The molecular formula is C22H16N6O4S. The Balaban J connectivity index is 1.56. The topological polar surface area (TPSA) is 159 Å². The number of benzene rings is 2. The maximum absolute atomic E-state index is 12.7. The highest BCUT2D eigenvalue weighted by Crippen LogP contribution is 2.30. The maximum Gasteiger partial charge on any atom is 0.285 e. The van der Waals surface area contributed by atoms with Gasteiger partial charge in [0, 0.05) is 0 Å². The summed E-state index contributed by atoms with van der Waals surface area (Å²) in [5.41, 5.74) is 7.32. The predicted octanol–water partition coefficient (Wildman–Crippen LogP) is 2.18. The number of carbonyl (C=O) groups excluding carboxylic acids is 2. The Morgan fingerprint density at radius 2 is 1.64 bits per heavy atom. The van der Waals surface area contributed by atoms with Crippen LogP contribution in [0.25, 0.3) is 0 Å². The molecular weight excluding hydrogens is 444 g/mol. The lowest BCUT2D eigenvalue weighted by Gasteiger charge is -2.17. The average molecular weight is 460 g/mol. The number of nitrogens with one attached hydrogen (secondary N) is 1. The Kier molecular flexibility index (Phi) is 5.37. The number of guanidine groups is 1. The first kappa shape index (κ1) is 21.7. The highest BCUT2D eigenvalue weighted by molar-refractivity contribution is 7.90. The van der Waals surface area contributed by atoms with Crippen molar-refractivity contribution in [2.75, 3.05) is 10.2 Å². The SMILES string of the molecule is Cc1nc(N/C(N)=N\S(=O)(=O)c2ccc(C#N)cc2)ccc1N1C(=O)c2ccccc2C1=O. The molecule has 3 aromatic rings. The van der Waals surface area contributed by atoms with E-state index in [1.807, 2.05) is 6.07 Å². The Hall–Kier alpha value is -4.56. The van der Waals surface area contributed by atoms with E-state index in [1.54, 1.807) is 31.2 Å². The van der Waals surface area contributed by atoms with E-state index in [0.717, 1.165) is 4.90 Å². The molecule has 0 saturated heterocycles. The fraction of sp³-hybridized carbons (Fsp3) is 0.0455. The van der Waals surface area contributed by atoms with Crippen LogP contribution in [-0.4, -0.2) is 31.2 Å². The summed E-state index contributed by atoms with van der Waals surface area (Å²) < 4.78 is 28.4. The minimum atomic E-state index is -4.12. The molecule has 33 heavy (non-hydrogen) atoms. The zero-order chi connectivity index (χ0) is 23.8. The number of nitrogens with two attached hydrogens (primary N) is 1. The Morgan fingerprint density at radius 3 is 2.18 bits per heavy atom. The molecule has 0 aliphatic carbocycles. The lowest BCUT2D eigenvalue weighted by Crippen LogP contribution is -2.30. The predicted molar refractivity (Wildman–Crippen MR) is 120 cm³/mol. The summed E-state index contributed by atoms with van der Waals surface area (Å²) in [4.78, 5) is 30.6. The van der Waals surface area contributed by atoms with E-state index in [1.165, 1.54) is 36.4 Å². The number of nitrogens with zero attached hydrogens (tertiary/aromatic N) is 4. The van der Waals surface area contributed by atoms with Crippen molar-refractivity contribution >= 4 is 39.3 Å². The first-order valence-corrected chi connectivity index (χ1v) is 11.0. The van der Waals surface area contributed by atoms with Crippen LogP contribution in [-0.2, 0) is 10.0 Å². The fourth-order valence-electron chi connectivity index (χ4n) is 3.31. The average Bonchev–Trinajstić information content (AvgIpc) is 3.04. The number of pyridine rings is 1. The number of nitriles is 1. The Morgan fingerprint density at radius 1 is 1.03 bits per heavy atom. The summed E-state index contributed by atoms with van der Waals surface area (Å²) in [6.45, 7) is 1.60. The summed E-state index contributed by atoms with van der Waals surface area (Å²) >= 11 is 0. The van der Waals surface area contributed by atoms with Crippen LogP contribution in [0.1, 0.15) is 32.0 Å². The van der Waals surface area contributed by atoms with Gasteiger partial charge in [0.15, 0.2) is 0 Å². The summed E-state index contributed by atoms with van der Waals surface area (Å²) in [6, 6.07) is 16.6. The van der Waals surface area contributed by atoms with Gasteiger partial charge in [0.1, 0.15) is 5.82 Å². The fourth-order valence-corrected chi connectivity index (χ4v) is 4.20. The van der Waals surface area contributed by atoms with Crippen molar-refractivity contribution in [2.24, 2.45) is 10.1 Å². The number of sulfonamides is 1. The molecule has 2 heterocycles. The van der Waals surface area contributed by atoms with Gasteiger partial charge in [-0.15, -0.1) is 4.40 Å². The van der Waals surface area contributed by atoms with Crippen LogP contribution in [0.3, 0.4) is 0 Å². The van der Waals surface area contributed by atoms with Gasteiger partial charge >= 0.3 is 0 Å². The van der Waals surface area contributed by atoms with Gasteiger partial charge in [-0.25, -0.2) is 9.88 Å². The van der Waals surface area contributed by atoms with Crippen LogP contribution >= 0.6 is 0 Å². The summed E-state index contributed by atoms with van der Waals surface area (Å²) in [5.74, 6) is -1.16. The molecule has 164 valence electrons. The van der Waals surface area contributed by atoms with Gasteiger partial charge in [-0.05, 0) is 55.5 Å². The number of carbonyl (C=O) groups is 2. The minimum absolute atomic E-state index is 0.128. The summed E-state index contributed by atoms with van der Waals surface area (Å²) in [7, 11) is -4.12. The van der Waals surface area contributed by atoms with Crippen LogP contribution in [0.4, 0.5) is 11.5 Å². The molecule has 0 unspecified atom stereocenters. The third-order valence-electron chi connectivity index (χ3n) is 4.85. The number of aryl methyl sites for hydroxylation is 1. The monoisotopic (exact) mass is 460 g/mol. The number of aromatic nitrogens is 1. The zero-order valence-electron chi connectivity index (χ0n) is 17.2. The standard InChI is InChI=1S/C22H16N6O4S/c1-13-18(28-20(29)16-4-2-3-5-17(16)21(28)30)10-11-19(25-13)26-22(24)27-33(31,32)15-8-6-14(12-23)7-9-15/h2-11H,1H3,(H3,24,25,26,27). The van der Waals surface area contributed by atoms with Gasteiger partial charge in [-0.1, -0.05) is 12.1 Å². The second-order valence-electron chi connectivity index (χ2n) is 7.01. The number of anilines is 2. The molecule has 0 radical (unpaired) electrons. The summed E-state index contributed by atoms with van der Waals surface area (Å²) in [5, 5.41) is 11.4. The second kappa shape index (κ2) is 8.18. The van der Waals surface area contributed by atoms with E-state index < -0.39 is 27.8 Å². The van der Waals surface area contributed by atoms with Crippen molar-refractivity contribution in [1.29, 1.82) is 5.26 Å². The molecule has 2 aromatic carbocycles. The Bertz CT molecular complexity index is 1440. The quantitative estimate of drug-likeness (QED) is 0.340. The van der Waals surface area contributed by atoms with Gasteiger partial charge < -0.3 is 11.1 Å². The van der Waals surface area contributed by atoms with Crippen LogP contribution < -0.4 is 16.0 Å². The maximum atomic E-state index is 12.7. The molecule has 1 aliphatic rings. The second-order valence-corrected chi connectivity index (χ2v) is 8.61. The smallest absolute Gasteiger partial charge is 0.285 e. The van der Waals surface area contributed by atoms with E-state index in [2.05, 4.69) is 14.7 Å². The largest absolute Gasteiger partial charge is 0.369 e. The molecule has 0 fully saturated rings. The van der Waals surface area contributed by atoms with Crippen molar-refractivity contribution in [3.05, 3.63) is 83.0 Å². The van der Waals surface area contributed by atoms with Gasteiger partial charge in [0.25, 0.3) is 21.8 Å². The molecule has 11 heteroatoms. The Labute approximate surface area is 189 Å². The van der Waals surface area contributed by atoms with Gasteiger partial charge in [-0.2, -0.15) is 13.7 Å². The number of amides is 2. The molecule has 1 aliphatic heterocycles. The lowest BCUT2D eigenvalue weighted by atomic mass is 10.1. The molecule has 0 atom stereocenters. The van der Waals surface area contributed by atoms with Crippen molar-refractivity contribution < 1.29 is 18.0 Å². The van der Waals surface area contributed by atoms with E-state index in [-0.39, 0.29) is 10.7 Å². The molecule has 2 amide bonds. The van der Waals surface area contributed by atoms with Crippen molar-refractivity contribution in [3.8, 4) is 6.07 Å². The number of imide groups is 1. The lowest BCUT2D eigenvalue weighted by molar-refractivity contribution is 0.0925. The molecule has 0 bridgehead atoms. The third kappa shape index (κ3) is 4.02. The third-order valence-corrected chi connectivity index (χ3v) is 6.15. The molecule has 10 nitrogen and oxygen atoms in total. The van der Waals surface area contributed by atoms with Crippen molar-refractivity contribution in [3.63, 3.8) is 0 Å². The van der Waals surface area contributed by atoms with Gasteiger partial charge in [-0.3, -0.25) is 9.59 Å². The van der Waals surface area contributed by atoms with Crippen LogP contribution in [0.2, 0.25) is 0 Å². The highest BCUT2D eigenvalue weighted by Gasteiger charge is 2.37. The number of hydrogen-bond acceptors (Lipinski definition) is 6. The van der Waals surface area contributed by atoms with Gasteiger partial charge in [0.05, 0.1) is 39.0 Å². The molecule has 1 aromatic heterocycles. The first-order valence-electron chi connectivity index (χ1n) is 9.54. The number of hydrogen-bond donors (Lipinski definition) is 2. The number of rotatable bonds is 4. The molecule has 4 rings (SSSR count). The molecule has 3 N–H and O–H groups in total. The van der Waals surface area contributed by atoms with Crippen LogP contribution in [0, 0.1) is 18.3 Å². The number of fused-ring (bicyclic) bond motifs is 1. The first-order chi connectivity index (χ1) is 15.7. The van der Waals surface area contributed by atoms with Gasteiger partial charge in [0.2, 0.25) is 5.96 Å². The van der Waals surface area contributed by atoms with Crippen molar-refractivity contribution in [1.82, 2.24) is 4.98 Å². The van der Waals surface area contributed by atoms with Crippen LogP contribution in [0.15, 0.2) is 70.0 Å². The van der Waals surface area contributed by atoms with E-state index >= 15 is 0 Å². The normalized spacial score (nSPS) is 13.6. The summed E-state index contributed by atoms with van der Waals surface area (Å²) in [6.07, 6.45) is 0. The minimum Gasteiger partial charge on any atom is -0.369 e. The van der Waals surface area contributed by atoms with E-state index in [0.29, 0.717) is 28.1 Å².